The largest absolute Gasteiger partial charge is 0.573 e. The minimum Gasteiger partial charge on any atom is -0.401 e. The number of nitrogens with two attached hydrogens (primary N) is 1. The van der Waals surface area contributed by atoms with E-state index in [1.807, 2.05) is 0 Å². The fraction of sp³-hybridized carbons (Fsp3) is 0.143. The predicted molar refractivity (Wildman–Crippen MR) is 52.8 cm³/mol. The zero-order chi connectivity index (χ0) is 11.6. The van der Waals surface area contributed by atoms with E-state index < -0.39 is 12.1 Å². The van der Waals surface area contributed by atoms with Gasteiger partial charge in [0.05, 0.1) is 11.9 Å². The molecule has 0 aliphatic heterocycles. The average molecular weight is 329 g/mol. The second kappa shape index (κ2) is 4.09. The lowest BCUT2D eigenvalue weighted by Gasteiger charge is -2.12. The van der Waals surface area contributed by atoms with Crippen molar-refractivity contribution in [2.75, 3.05) is 5.73 Å². The van der Waals surface area contributed by atoms with Gasteiger partial charge < -0.3 is 10.5 Å². The molecular weight excluding hydrogens is 326 g/mol. The Morgan fingerprint density at radius 2 is 2.13 bits per heavy atom. The molecule has 0 spiro atoms. The first-order valence-corrected chi connectivity index (χ1v) is 4.53. The first-order chi connectivity index (χ1) is 6.85. The van der Waals surface area contributed by atoms with Gasteiger partial charge in [-0.25, -0.2) is 4.98 Å². The van der Waals surface area contributed by atoms with E-state index in [1.165, 1.54) is 28.7 Å². The lowest BCUT2D eigenvalue weighted by atomic mass is 10.2. The van der Waals surface area contributed by atoms with Crippen molar-refractivity contribution in [1.82, 2.24) is 4.98 Å². The van der Waals surface area contributed by atoms with Crippen molar-refractivity contribution >= 4 is 28.3 Å². The molecule has 8 heteroatoms. The summed E-state index contributed by atoms with van der Waals surface area (Å²) in [6.07, 6.45) is -3.77. The molecule has 15 heavy (non-hydrogen) atoms. The van der Waals surface area contributed by atoms with Crippen molar-refractivity contribution in [1.29, 1.82) is 5.26 Å². The van der Waals surface area contributed by atoms with E-state index in [4.69, 9.17) is 11.0 Å². The summed E-state index contributed by atoms with van der Waals surface area (Å²) < 4.78 is 39.5. The van der Waals surface area contributed by atoms with Crippen molar-refractivity contribution in [2.24, 2.45) is 0 Å². The van der Waals surface area contributed by atoms with Gasteiger partial charge in [0.15, 0.2) is 5.75 Å². The molecule has 0 aromatic carbocycles. The molecule has 1 aromatic heterocycles. The molecule has 1 heterocycles. The number of nitriles is 1. The van der Waals surface area contributed by atoms with Crippen LogP contribution < -0.4 is 10.5 Å². The molecular formula is C7H3F3IN3O. The smallest absolute Gasteiger partial charge is 0.401 e. The Bertz CT molecular complexity index is 427. The maximum atomic E-state index is 12.0. The van der Waals surface area contributed by atoms with Gasteiger partial charge in [-0.15, -0.1) is 13.2 Å². The molecule has 0 saturated heterocycles. The summed E-state index contributed by atoms with van der Waals surface area (Å²) in [5.41, 5.74) is 4.76. The van der Waals surface area contributed by atoms with Gasteiger partial charge in [-0.1, -0.05) is 0 Å². The van der Waals surface area contributed by atoms with E-state index in [-0.39, 0.29) is 15.0 Å². The Labute approximate surface area is 96.0 Å². The second-order valence-electron chi connectivity index (χ2n) is 2.37. The number of ether oxygens (including phenoxy) is 1. The van der Waals surface area contributed by atoms with Crippen LogP contribution in [-0.2, 0) is 0 Å². The molecule has 0 bridgehead atoms. The minimum absolute atomic E-state index is 0.0734. The highest BCUT2D eigenvalue weighted by molar-refractivity contribution is 14.1. The van der Waals surface area contributed by atoms with Crippen LogP contribution in [0.4, 0.5) is 18.9 Å². The summed E-state index contributed by atoms with van der Waals surface area (Å²) in [7, 11) is 0. The van der Waals surface area contributed by atoms with Crippen LogP contribution in [-0.4, -0.2) is 11.3 Å². The summed E-state index contributed by atoms with van der Waals surface area (Å²) in [4.78, 5) is 3.56. The predicted octanol–water partition coefficient (Wildman–Crippen LogP) is 2.04. The van der Waals surface area contributed by atoms with E-state index in [0.717, 1.165) is 6.20 Å². The fourth-order valence-electron chi connectivity index (χ4n) is 0.808. The maximum absolute atomic E-state index is 12.0. The van der Waals surface area contributed by atoms with Crippen LogP contribution in [0.2, 0.25) is 0 Å². The number of anilines is 1. The molecule has 0 saturated carbocycles. The van der Waals surface area contributed by atoms with E-state index >= 15 is 0 Å². The second-order valence-corrected chi connectivity index (χ2v) is 3.39. The molecule has 0 amide bonds. The van der Waals surface area contributed by atoms with Crippen LogP contribution in [0, 0.1) is 15.0 Å². The van der Waals surface area contributed by atoms with E-state index in [1.54, 1.807) is 0 Å². The zero-order valence-corrected chi connectivity index (χ0v) is 9.13. The Morgan fingerprint density at radius 1 is 1.53 bits per heavy atom. The third kappa shape index (κ3) is 2.85. The lowest BCUT2D eigenvalue weighted by molar-refractivity contribution is -0.275. The molecule has 0 aliphatic carbocycles. The molecule has 4 nitrogen and oxygen atoms in total. The van der Waals surface area contributed by atoms with Crippen LogP contribution in [0.5, 0.6) is 5.75 Å². The Hall–Kier alpha value is -1.24. The topological polar surface area (TPSA) is 71.9 Å². The number of rotatable bonds is 1. The monoisotopic (exact) mass is 329 g/mol. The third-order valence-corrected chi connectivity index (χ3v) is 2.12. The number of alkyl halides is 3. The van der Waals surface area contributed by atoms with Gasteiger partial charge >= 0.3 is 6.36 Å². The van der Waals surface area contributed by atoms with Crippen LogP contribution in [0.25, 0.3) is 0 Å². The average Bonchev–Trinajstić information content (AvgIpc) is 2.10. The van der Waals surface area contributed by atoms with Crippen LogP contribution in [0.3, 0.4) is 0 Å². The van der Waals surface area contributed by atoms with Crippen molar-refractivity contribution in [3.63, 3.8) is 0 Å². The molecule has 0 atom stereocenters. The van der Waals surface area contributed by atoms with E-state index in [0.29, 0.717) is 0 Å². The van der Waals surface area contributed by atoms with Crippen molar-refractivity contribution < 1.29 is 17.9 Å². The Morgan fingerprint density at radius 3 is 2.60 bits per heavy atom. The molecule has 0 aliphatic rings. The Balaban J connectivity index is 3.28. The molecule has 0 radical (unpaired) electrons. The number of nitrogen functional groups attached to an aromatic ring is 1. The van der Waals surface area contributed by atoms with Gasteiger partial charge in [0.1, 0.15) is 15.3 Å². The van der Waals surface area contributed by atoms with Crippen LogP contribution in [0.1, 0.15) is 5.56 Å². The summed E-state index contributed by atoms with van der Waals surface area (Å²) >= 11 is 1.52. The quantitative estimate of drug-likeness (QED) is 0.632. The molecule has 2 N–H and O–H groups in total. The summed E-state index contributed by atoms with van der Waals surface area (Å²) in [6.45, 7) is 0. The molecule has 1 rings (SSSR count). The number of aromatic nitrogens is 1. The van der Waals surface area contributed by atoms with Crippen molar-refractivity contribution in [3.8, 4) is 11.8 Å². The minimum atomic E-state index is -4.87. The van der Waals surface area contributed by atoms with Gasteiger partial charge in [-0.3, -0.25) is 0 Å². The van der Waals surface area contributed by atoms with E-state index in [2.05, 4.69) is 9.72 Å². The summed E-state index contributed by atoms with van der Waals surface area (Å²) in [5.74, 6) is -0.661. The number of hydrogen-bond donors (Lipinski definition) is 1. The van der Waals surface area contributed by atoms with Gasteiger partial charge in [-0.2, -0.15) is 5.26 Å². The van der Waals surface area contributed by atoms with Gasteiger partial charge in [-0.05, 0) is 22.6 Å². The lowest BCUT2D eigenvalue weighted by Crippen LogP contribution is -2.19. The van der Waals surface area contributed by atoms with Gasteiger partial charge in [0.2, 0.25) is 0 Å². The number of halogens is 4. The van der Waals surface area contributed by atoms with Crippen LogP contribution >= 0.6 is 22.6 Å². The van der Waals surface area contributed by atoms with Crippen molar-refractivity contribution in [2.45, 2.75) is 6.36 Å². The summed E-state index contributed by atoms with van der Waals surface area (Å²) in [6, 6.07) is 1.53. The van der Waals surface area contributed by atoms with Crippen molar-refractivity contribution in [3.05, 3.63) is 15.5 Å². The highest BCUT2D eigenvalue weighted by atomic mass is 127. The highest BCUT2D eigenvalue weighted by Crippen LogP contribution is 2.32. The Kier molecular flexibility index (Phi) is 3.23. The fourth-order valence-corrected chi connectivity index (χ4v) is 1.33. The number of hydrogen-bond acceptors (Lipinski definition) is 4. The standard InChI is InChI=1S/C7H3F3IN3O/c8-7(9,10)15-5-3(1-12)4(13)2-14-6(5)11/h2H,13H2. The van der Waals surface area contributed by atoms with E-state index in [9.17, 15) is 13.2 Å². The number of nitrogens with zero attached hydrogens (tertiary/aromatic N) is 2. The number of pyridine rings is 1. The molecule has 1 aromatic rings. The van der Waals surface area contributed by atoms with Crippen LogP contribution in [0.15, 0.2) is 6.20 Å². The normalized spacial score (nSPS) is 10.9. The molecule has 0 unspecified atom stereocenters. The molecule has 80 valence electrons. The highest BCUT2D eigenvalue weighted by Gasteiger charge is 2.34. The first kappa shape index (κ1) is 11.8. The third-order valence-electron chi connectivity index (χ3n) is 1.35. The molecule has 0 fully saturated rings. The summed E-state index contributed by atoms with van der Waals surface area (Å²) in [5, 5.41) is 8.61. The first-order valence-electron chi connectivity index (χ1n) is 3.45. The van der Waals surface area contributed by atoms with Gasteiger partial charge in [0.25, 0.3) is 0 Å². The SMILES string of the molecule is N#Cc1c(N)cnc(I)c1OC(F)(F)F. The van der Waals surface area contributed by atoms with Gasteiger partial charge in [0, 0.05) is 0 Å². The maximum Gasteiger partial charge on any atom is 0.573 e. The zero-order valence-electron chi connectivity index (χ0n) is 6.97.